The molecule has 9 nitrogen and oxygen atoms in total. The second-order valence-corrected chi connectivity index (χ2v) is 25.8. The quantitative estimate of drug-likeness (QED) is 0.0921. The Labute approximate surface area is 466 Å². The number of hydrogen-bond acceptors (Lipinski definition) is 8. The molecule has 0 atom stereocenters. The number of hydrogen-bond donors (Lipinski definition) is 0. The summed E-state index contributed by atoms with van der Waals surface area (Å²) in [6, 6.07) is 36.4. The lowest BCUT2D eigenvalue weighted by Crippen LogP contribution is -2.49. The van der Waals surface area contributed by atoms with Crippen molar-refractivity contribution >= 4 is 10.0 Å². The lowest BCUT2D eigenvalue weighted by molar-refractivity contribution is 0.138. The van der Waals surface area contributed by atoms with Crippen LogP contribution < -0.4 is 0 Å². The second-order valence-electron chi connectivity index (χ2n) is 23.5. The Morgan fingerprint density at radius 2 is 0.618 bits per heavy atom. The second kappa shape index (κ2) is 33.9. The Balaban J connectivity index is 0.000000188. The number of piperidine rings is 1. The average molecular weight is 1060 g/mol. The van der Waals surface area contributed by atoms with Gasteiger partial charge in [-0.1, -0.05) is 166 Å². The molecule has 0 radical (unpaired) electrons. The van der Waals surface area contributed by atoms with E-state index >= 15 is 0 Å². The smallest absolute Gasteiger partial charge is 0.213 e. The van der Waals surface area contributed by atoms with Crippen LogP contribution in [0.25, 0.3) is 0 Å². The highest BCUT2D eigenvalue weighted by molar-refractivity contribution is 7.89. The molecule has 0 saturated carbocycles. The van der Waals surface area contributed by atoms with Crippen LogP contribution in [0, 0.1) is 0 Å². The minimum Gasteiger partial charge on any atom is -0.304 e. The van der Waals surface area contributed by atoms with Gasteiger partial charge in [-0.3, -0.25) is 0 Å². The van der Waals surface area contributed by atoms with Gasteiger partial charge in [-0.25, -0.2) is 8.42 Å². The minimum absolute atomic E-state index is 0.204. The van der Waals surface area contributed by atoms with E-state index in [2.05, 4.69) is 196 Å². The molecule has 0 amide bonds. The number of benzene rings is 4. The zero-order valence-corrected chi connectivity index (χ0v) is 50.8. The van der Waals surface area contributed by atoms with Crippen molar-refractivity contribution in [3.8, 4) is 0 Å². The van der Waals surface area contributed by atoms with Gasteiger partial charge in [0.2, 0.25) is 10.0 Å². The first-order valence-corrected chi connectivity index (χ1v) is 31.8. The highest BCUT2D eigenvalue weighted by Gasteiger charge is 2.25. The van der Waals surface area contributed by atoms with Crippen molar-refractivity contribution in [1.82, 2.24) is 33.7 Å². The molecule has 4 aromatic rings. The van der Waals surface area contributed by atoms with Gasteiger partial charge in [0.05, 0.1) is 5.75 Å². The van der Waals surface area contributed by atoms with E-state index in [0.29, 0.717) is 36.8 Å². The molecule has 0 N–H and O–H groups in total. The Morgan fingerprint density at radius 1 is 0.355 bits per heavy atom. The lowest BCUT2D eigenvalue weighted by Gasteiger charge is -2.34. The first kappa shape index (κ1) is 63.4. The molecule has 4 aliphatic heterocycles. The van der Waals surface area contributed by atoms with Crippen molar-refractivity contribution in [1.29, 1.82) is 0 Å². The molecule has 0 bridgehead atoms. The fourth-order valence-corrected chi connectivity index (χ4v) is 11.5. The summed E-state index contributed by atoms with van der Waals surface area (Å²) >= 11 is 0. The number of likely N-dealkylation sites (tertiary alicyclic amines) is 1. The van der Waals surface area contributed by atoms with Crippen molar-refractivity contribution in [2.75, 3.05) is 137 Å². The van der Waals surface area contributed by atoms with Crippen LogP contribution in [-0.4, -0.2) is 179 Å². The third kappa shape index (κ3) is 23.1. The molecule has 0 aliphatic carbocycles. The predicted molar refractivity (Wildman–Crippen MR) is 327 cm³/mol. The van der Waals surface area contributed by atoms with Gasteiger partial charge in [0.15, 0.2) is 0 Å². The zero-order chi connectivity index (χ0) is 54.9. The Hall–Kier alpha value is -3.45. The van der Waals surface area contributed by atoms with Crippen LogP contribution in [0.3, 0.4) is 0 Å². The summed E-state index contributed by atoms with van der Waals surface area (Å²) in [4.78, 5) is 15.1. The molecule has 4 heterocycles. The van der Waals surface area contributed by atoms with E-state index in [1.807, 2.05) is 0 Å². The van der Waals surface area contributed by atoms with Gasteiger partial charge in [0.1, 0.15) is 0 Å². The Bertz CT molecular complexity index is 2230. The van der Waals surface area contributed by atoms with E-state index < -0.39 is 10.0 Å². The molecule has 76 heavy (non-hydrogen) atoms. The van der Waals surface area contributed by atoms with E-state index in [1.54, 1.807) is 11.2 Å². The Kier molecular flexibility index (Phi) is 28.2. The molecule has 424 valence electrons. The van der Waals surface area contributed by atoms with Crippen LogP contribution in [0.5, 0.6) is 0 Å². The predicted octanol–water partition coefficient (Wildman–Crippen LogP) is 11.7. The molecule has 0 unspecified atom stereocenters. The van der Waals surface area contributed by atoms with Crippen LogP contribution in [0.1, 0.15) is 157 Å². The normalized spacial score (nSPS) is 18.0. The zero-order valence-electron chi connectivity index (χ0n) is 50.0. The standard InChI is InChI=1S/C17H28N2O2S.C17H28N2.C16H26N2.C16H25N/c1-4-22(20,21)19-13-11-18(12-14-19)10-9-16-5-7-17(8-6-16)15(2)3;1-4-18-11-13-19(14-12-18)10-9-16-5-7-17(8-6-16)15(2)3;1-14(2)16-6-4-15(5-7-16)8-9-18-12-10-17(3)11-13-18;1-14(2)16-8-6-15(7-9-16)10-13-17-11-4-3-5-12-17/h5-8,15H,4,9-14H2,1-3H3;5-8,15H,4,9-14H2,1-3H3;4-7,14H,8-13H2,1-3H3;6-9,14H,3-5,10-13H2,1-2H3. The largest absolute Gasteiger partial charge is 0.304 e. The monoisotopic (exact) mass is 1060 g/mol. The van der Waals surface area contributed by atoms with Crippen LogP contribution in [0.15, 0.2) is 97.1 Å². The van der Waals surface area contributed by atoms with Crippen molar-refractivity contribution in [2.45, 2.75) is 138 Å². The molecule has 0 aromatic heterocycles. The maximum absolute atomic E-state index is 11.8. The first-order chi connectivity index (χ1) is 36.5. The van der Waals surface area contributed by atoms with Gasteiger partial charge < -0.3 is 29.4 Å². The van der Waals surface area contributed by atoms with Crippen LogP contribution in [0.2, 0.25) is 0 Å². The number of piperazine rings is 3. The molecular weight excluding hydrogens is 955 g/mol. The van der Waals surface area contributed by atoms with Crippen molar-refractivity contribution in [2.24, 2.45) is 0 Å². The van der Waals surface area contributed by atoms with Crippen molar-refractivity contribution < 1.29 is 8.42 Å². The lowest BCUT2D eigenvalue weighted by atomic mass is 10.0. The third-order valence-electron chi connectivity index (χ3n) is 16.5. The van der Waals surface area contributed by atoms with Crippen molar-refractivity contribution in [3.63, 3.8) is 0 Å². The fraction of sp³-hybridized carbons (Fsp3) is 0.636. The van der Waals surface area contributed by atoms with Gasteiger partial charge >= 0.3 is 0 Å². The minimum atomic E-state index is -3.02. The molecule has 4 saturated heterocycles. The topological polar surface area (TPSA) is 56.8 Å². The van der Waals surface area contributed by atoms with Crippen LogP contribution in [0.4, 0.5) is 0 Å². The number of rotatable bonds is 19. The van der Waals surface area contributed by atoms with Crippen molar-refractivity contribution in [3.05, 3.63) is 142 Å². The molecule has 0 spiro atoms. The highest BCUT2D eigenvalue weighted by Crippen LogP contribution is 2.20. The molecular formula is C66H107N7O2S. The number of likely N-dealkylation sites (N-methyl/N-ethyl adjacent to an activating group) is 2. The van der Waals surface area contributed by atoms with Gasteiger partial charge in [0, 0.05) is 105 Å². The maximum atomic E-state index is 11.8. The SMILES string of the molecule is CC(C)c1ccc(CCN2CCCCC2)cc1.CC(C)c1ccc(CCN2CCN(C)CC2)cc1.CCN1CCN(CCc2ccc(C(C)C)cc2)CC1.CCS(=O)(=O)N1CCN(CCc2ccc(C(C)C)cc2)CC1. The maximum Gasteiger partial charge on any atom is 0.213 e. The number of sulfonamides is 1. The molecule has 4 aromatic carbocycles. The fourth-order valence-electron chi connectivity index (χ4n) is 10.4. The van der Waals surface area contributed by atoms with Gasteiger partial charge in [-0.15, -0.1) is 0 Å². The summed E-state index contributed by atoms with van der Waals surface area (Å²) in [6.45, 7) is 43.1. The summed E-state index contributed by atoms with van der Waals surface area (Å²) in [5.41, 5.74) is 11.5. The summed E-state index contributed by atoms with van der Waals surface area (Å²) in [7, 11) is -0.808. The van der Waals surface area contributed by atoms with Gasteiger partial charge in [0.25, 0.3) is 0 Å². The molecule has 4 aliphatic rings. The first-order valence-electron chi connectivity index (χ1n) is 30.1. The summed E-state index contributed by atoms with van der Waals surface area (Å²) < 4.78 is 25.3. The average Bonchev–Trinajstić information content (AvgIpc) is 3.44. The number of nitrogens with zero attached hydrogens (tertiary/aromatic N) is 7. The van der Waals surface area contributed by atoms with Gasteiger partial charge in [-0.05, 0) is 140 Å². The van der Waals surface area contributed by atoms with Crippen LogP contribution >= 0.6 is 0 Å². The van der Waals surface area contributed by atoms with E-state index in [1.165, 1.54) is 175 Å². The molecule has 8 rings (SSSR count). The van der Waals surface area contributed by atoms with E-state index in [-0.39, 0.29) is 5.75 Å². The van der Waals surface area contributed by atoms with Gasteiger partial charge in [-0.2, -0.15) is 4.31 Å². The van der Waals surface area contributed by atoms with E-state index in [0.717, 1.165) is 26.1 Å². The Morgan fingerprint density at radius 3 is 0.895 bits per heavy atom. The summed E-state index contributed by atoms with van der Waals surface area (Å²) in [6.07, 6.45) is 8.82. The molecule has 4 fully saturated rings. The molecule has 10 heteroatoms. The third-order valence-corrected chi connectivity index (χ3v) is 18.4. The van der Waals surface area contributed by atoms with E-state index in [9.17, 15) is 8.42 Å². The summed E-state index contributed by atoms with van der Waals surface area (Å²) in [5, 5.41) is 0. The van der Waals surface area contributed by atoms with E-state index in [4.69, 9.17) is 0 Å². The summed E-state index contributed by atoms with van der Waals surface area (Å²) in [5.74, 6) is 2.69. The van der Waals surface area contributed by atoms with Crippen LogP contribution in [-0.2, 0) is 35.7 Å². The highest BCUT2D eigenvalue weighted by atomic mass is 32.2.